The van der Waals surface area contributed by atoms with E-state index in [0.717, 1.165) is 53.2 Å². The van der Waals surface area contributed by atoms with Crippen molar-refractivity contribution in [3.05, 3.63) is 77.9 Å². The number of amides is 1. The van der Waals surface area contributed by atoms with Gasteiger partial charge in [-0.2, -0.15) is 0 Å². The minimum absolute atomic E-state index is 0.108. The van der Waals surface area contributed by atoms with Crippen LogP contribution in [0.5, 0.6) is 0 Å². The van der Waals surface area contributed by atoms with Crippen LogP contribution in [0.25, 0.3) is 21.9 Å². The Balaban J connectivity index is 1.28. The average Bonchev–Trinajstić information content (AvgIpc) is 3.12. The molecule has 4 heteroatoms. The van der Waals surface area contributed by atoms with Gasteiger partial charge in [-0.3, -0.25) is 9.69 Å². The van der Waals surface area contributed by atoms with Gasteiger partial charge in [0.25, 0.3) is 5.91 Å². The number of carbonyl (C=O) groups is 1. The van der Waals surface area contributed by atoms with Gasteiger partial charge in [0.1, 0.15) is 11.2 Å². The molecule has 0 unspecified atom stereocenters. The zero-order valence-electron chi connectivity index (χ0n) is 17.2. The highest BCUT2D eigenvalue weighted by molar-refractivity contribution is 6.08. The summed E-state index contributed by atoms with van der Waals surface area (Å²) in [6.45, 7) is 5.60. The molecule has 152 valence electrons. The zero-order valence-corrected chi connectivity index (χ0v) is 17.2. The maximum atomic E-state index is 12.7. The number of carbonyl (C=O) groups excluding carboxylic acids is 1. The number of piperidine rings is 1. The fraction of sp³-hybridized carbons (Fsp3) is 0.269. The topological polar surface area (TPSA) is 45.5 Å². The summed E-state index contributed by atoms with van der Waals surface area (Å²) in [7, 11) is 0. The molecular weight excluding hydrogens is 372 g/mol. The van der Waals surface area contributed by atoms with Crippen molar-refractivity contribution in [3.63, 3.8) is 0 Å². The highest BCUT2D eigenvalue weighted by atomic mass is 16.3. The van der Waals surface area contributed by atoms with Gasteiger partial charge < -0.3 is 9.73 Å². The van der Waals surface area contributed by atoms with Gasteiger partial charge in [-0.15, -0.1) is 0 Å². The molecule has 1 saturated heterocycles. The van der Waals surface area contributed by atoms with Crippen molar-refractivity contribution in [1.29, 1.82) is 0 Å². The first-order valence-corrected chi connectivity index (χ1v) is 10.7. The van der Waals surface area contributed by atoms with Crippen molar-refractivity contribution in [2.75, 3.05) is 18.4 Å². The fourth-order valence-corrected chi connectivity index (χ4v) is 4.46. The van der Waals surface area contributed by atoms with Gasteiger partial charge in [0, 0.05) is 41.2 Å². The van der Waals surface area contributed by atoms with Crippen LogP contribution in [0.2, 0.25) is 0 Å². The van der Waals surface area contributed by atoms with Gasteiger partial charge in [0.05, 0.1) is 0 Å². The van der Waals surface area contributed by atoms with E-state index in [1.165, 1.54) is 18.4 Å². The fourth-order valence-electron chi connectivity index (χ4n) is 4.46. The number of nitrogens with zero attached hydrogens (tertiary/aromatic N) is 1. The summed E-state index contributed by atoms with van der Waals surface area (Å²) in [5.41, 5.74) is 4.28. The summed E-state index contributed by atoms with van der Waals surface area (Å²) in [5.74, 6) is 0.663. The highest BCUT2D eigenvalue weighted by Gasteiger charge is 2.16. The van der Waals surface area contributed by atoms with Crippen LogP contribution < -0.4 is 5.32 Å². The average molecular weight is 399 g/mol. The number of anilines is 1. The van der Waals surface area contributed by atoms with Crippen molar-refractivity contribution >= 4 is 33.5 Å². The molecule has 1 atom stereocenters. The summed E-state index contributed by atoms with van der Waals surface area (Å²) in [5, 5.41) is 5.13. The van der Waals surface area contributed by atoms with Crippen molar-refractivity contribution < 1.29 is 9.21 Å². The van der Waals surface area contributed by atoms with Crippen LogP contribution in [0, 0.1) is 5.92 Å². The lowest BCUT2D eigenvalue weighted by Crippen LogP contribution is -2.33. The van der Waals surface area contributed by atoms with Gasteiger partial charge in [0.2, 0.25) is 0 Å². The van der Waals surface area contributed by atoms with E-state index in [-0.39, 0.29) is 5.91 Å². The third-order valence-corrected chi connectivity index (χ3v) is 6.00. The molecule has 1 fully saturated rings. The summed E-state index contributed by atoms with van der Waals surface area (Å²) < 4.78 is 5.92. The molecule has 0 bridgehead atoms. The number of hydrogen-bond acceptors (Lipinski definition) is 3. The third kappa shape index (κ3) is 3.83. The molecule has 3 aromatic carbocycles. The maximum Gasteiger partial charge on any atom is 0.255 e. The number of likely N-dealkylation sites (tertiary alicyclic amines) is 1. The predicted molar refractivity (Wildman–Crippen MR) is 122 cm³/mol. The molecule has 0 radical (unpaired) electrons. The minimum atomic E-state index is -0.108. The Kier molecular flexibility index (Phi) is 5.01. The number of benzene rings is 3. The van der Waals surface area contributed by atoms with E-state index in [9.17, 15) is 4.79 Å². The van der Waals surface area contributed by atoms with Crippen molar-refractivity contribution in [2.24, 2.45) is 5.92 Å². The largest absolute Gasteiger partial charge is 0.456 e. The smallest absolute Gasteiger partial charge is 0.255 e. The first-order chi connectivity index (χ1) is 14.7. The van der Waals surface area contributed by atoms with Crippen LogP contribution in [0.1, 0.15) is 35.7 Å². The molecule has 5 rings (SSSR count). The molecule has 1 aliphatic heterocycles. The molecular formula is C26H26N2O2. The Morgan fingerprint density at radius 1 is 1.03 bits per heavy atom. The highest BCUT2D eigenvalue weighted by Crippen LogP contribution is 2.30. The molecule has 1 N–H and O–H groups in total. The van der Waals surface area contributed by atoms with Crippen molar-refractivity contribution in [2.45, 2.75) is 26.3 Å². The van der Waals surface area contributed by atoms with Crippen LogP contribution >= 0.6 is 0 Å². The van der Waals surface area contributed by atoms with Gasteiger partial charge in [-0.25, -0.2) is 0 Å². The quantitative estimate of drug-likeness (QED) is 0.454. The Hall–Kier alpha value is -3.11. The van der Waals surface area contributed by atoms with E-state index in [0.29, 0.717) is 5.56 Å². The Labute approximate surface area is 176 Å². The molecule has 4 nitrogen and oxygen atoms in total. The zero-order chi connectivity index (χ0) is 20.5. The van der Waals surface area contributed by atoms with Gasteiger partial charge in [-0.05, 0) is 61.2 Å². The Morgan fingerprint density at radius 2 is 1.83 bits per heavy atom. The number of hydrogen-bond donors (Lipinski definition) is 1. The number of nitrogens with one attached hydrogen (secondary N) is 1. The second kappa shape index (κ2) is 7.96. The van der Waals surface area contributed by atoms with E-state index in [1.807, 2.05) is 54.6 Å². The molecule has 1 aliphatic rings. The minimum Gasteiger partial charge on any atom is -0.456 e. The molecule has 1 amide bonds. The molecule has 0 spiro atoms. The second-order valence-corrected chi connectivity index (χ2v) is 8.44. The molecule has 0 aliphatic carbocycles. The lowest BCUT2D eigenvalue weighted by Gasteiger charge is -2.30. The Morgan fingerprint density at radius 3 is 2.67 bits per heavy atom. The van der Waals surface area contributed by atoms with Gasteiger partial charge in [-0.1, -0.05) is 37.3 Å². The van der Waals surface area contributed by atoms with Crippen molar-refractivity contribution in [3.8, 4) is 0 Å². The Bertz CT molecular complexity index is 1190. The number of para-hydroxylation sites is 1. The van der Waals surface area contributed by atoms with E-state index < -0.39 is 0 Å². The number of fused-ring (bicyclic) bond motifs is 3. The third-order valence-electron chi connectivity index (χ3n) is 6.00. The SMILES string of the molecule is C[C@H]1CCCN(Cc2ccc(C(=O)Nc3ccc4c(c3)oc3ccccc34)cc2)C1. The van der Waals surface area contributed by atoms with E-state index in [1.54, 1.807) is 0 Å². The predicted octanol–water partition coefficient (Wildman–Crippen LogP) is 6.07. The summed E-state index contributed by atoms with van der Waals surface area (Å²) in [6, 6.07) is 21.7. The standard InChI is InChI=1S/C26H26N2O2/c1-18-5-4-14-28(16-18)17-19-8-10-20(11-9-19)26(29)27-21-12-13-23-22-6-2-3-7-24(22)30-25(23)15-21/h2-3,6-13,15,18H,4-5,14,16-17H2,1H3,(H,27,29)/t18-/m0/s1. The number of rotatable bonds is 4. The van der Waals surface area contributed by atoms with Gasteiger partial charge >= 0.3 is 0 Å². The van der Waals surface area contributed by atoms with E-state index in [2.05, 4.69) is 29.3 Å². The van der Waals surface area contributed by atoms with E-state index >= 15 is 0 Å². The molecule has 1 aromatic heterocycles. The van der Waals surface area contributed by atoms with Crippen LogP contribution in [0.4, 0.5) is 5.69 Å². The molecule has 2 heterocycles. The van der Waals surface area contributed by atoms with Crippen molar-refractivity contribution in [1.82, 2.24) is 4.90 Å². The maximum absolute atomic E-state index is 12.7. The molecule has 4 aromatic rings. The van der Waals surface area contributed by atoms with Crippen LogP contribution in [-0.4, -0.2) is 23.9 Å². The lowest BCUT2D eigenvalue weighted by atomic mass is 9.99. The van der Waals surface area contributed by atoms with Crippen LogP contribution in [0.3, 0.4) is 0 Å². The van der Waals surface area contributed by atoms with E-state index in [4.69, 9.17) is 4.42 Å². The second-order valence-electron chi connectivity index (χ2n) is 8.44. The first kappa shape index (κ1) is 18.9. The molecule has 0 saturated carbocycles. The first-order valence-electron chi connectivity index (χ1n) is 10.7. The summed E-state index contributed by atoms with van der Waals surface area (Å²) in [4.78, 5) is 15.2. The normalized spacial score (nSPS) is 17.4. The lowest BCUT2D eigenvalue weighted by molar-refractivity contribution is 0.102. The monoisotopic (exact) mass is 398 g/mol. The summed E-state index contributed by atoms with van der Waals surface area (Å²) >= 11 is 0. The van der Waals surface area contributed by atoms with Gasteiger partial charge in [0.15, 0.2) is 0 Å². The molecule has 30 heavy (non-hydrogen) atoms. The number of furan rings is 1. The van der Waals surface area contributed by atoms with Crippen LogP contribution in [-0.2, 0) is 6.54 Å². The summed E-state index contributed by atoms with van der Waals surface area (Å²) in [6.07, 6.45) is 2.60. The van der Waals surface area contributed by atoms with Crippen LogP contribution in [0.15, 0.2) is 71.1 Å².